The molecular formula is C14H16ClN3O. The molecule has 2 aromatic rings. The molecule has 0 aliphatic carbocycles. The van der Waals surface area contributed by atoms with E-state index >= 15 is 0 Å². The van der Waals surface area contributed by atoms with Gasteiger partial charge < -0.3 is 15.0 Å². The van der Waals surface area contributed by atoms with Crippen LogP contribution in [0.1, 0.15) is 0 Å². The molecule has 2 heterocycles. The van der Waals surface area contributed by atoms with Crippen LogP contribution in [0.3, 0.4) is 0 Å². The van der Waals surface area contributed by atoms with Crippen molar-refractivity contribution in [1.29, 1.82) is 0 Å². The summed E-state index contributed by atoms with van der Waals surface area (Å²) in [7, 11) is 1.65. The lowest BCUT2D eigenvalue weighted by atomic mass is 10.1. The Morgan fingerprint density at radius 2 is 2.00 bits per heavy atom. The zero-order valence-electron chi connectivity index (χ0n) is 10.8. The Bertz CT molecular complexity index is 597. The highest BCUT2D eigenvalue weighted by molar-refractivity contribution is 6.30. The molecule has 1 aliphatic rings. The molecule has 1 fully saturated rings. The van der Waals surface area contributed by atoms with Gasteiger partial charge in [0.25, 0.3) is 0 Å². The van der Waals surface area contributed by atoms with Crippen LogP contribution < -0.4 is 15.0 Å². The van der Waals surface area contributed by atoms with Gasteiger partial charge in [-0.25, -0.2) is 4.98 Å². The summed E-state index contributed by atoms with van der Waals surface area (Å²) in [5, 5.41) is 4.94. The number of anilines is 1. The van der Waals surface area contributed by atoms with Gasteiger partial charge in [0.15, 0.2) is 0 Å². The van der Waals surface area contributed by atoms with Gasteiger partial charge >= 0.3 is 0 Å². The average molecular weight is 278 g/mol. The van der Waals surface area contributed by atoms with Gasteiger partial charge in [-0.2, -0.15) is 0 Å². The average Bonchev–Trinajstić information content (AvgIpc) is 2.47. The van der Waals surface area contributed by atoms with E-state index < -0.39 is 0 Å². The fraction of sp³-hybridized carbons (Fsp3) is 0.357. The van der Waals surface area contributed by atoms with Crippen LogP contribution in [0.4, 0.5) is 5.69 Å². The Kier molecular flexibility index (Phi) is 3.44. The highest BCUT2D eigenvalue weighted by atomic mass is 35.5. The second-order valence-corrected chi connectivity index (χ2v) is 4.94. The predicted octanol–water partition coefficient (Wildman–Crippen LogP) is 2.31. The van der Waals surface area contributed by atoms with E-state index in [0.29, 0.717) is 5.15 Å². The van der Waals surface area contributed by atoms with Crippen molar-refractivity contribution in [2.24, 2.45) is 0 Å². The Balaban J connectivity index is 2.14. The van der Waals surface area contributed by atoms with E-state index in [2.05, 4.69) is 21.3 Å². The van der Waals surface area contributed by atoms with Crippen molar-refractivity contribution in [2.75, 3.05) is 38.2 Å². The summed E-state index contributed by atoms with van der Waals surface area (Å²) in [4.78, 5) is 6.77. The van der Waals surface area contributed by atoms with Gasteiger partial charge in [0.05, 0.1) is 7.11 Å². The number of hydrogen-bond donors (Lipinski definition) is 1. The minimum absolute atomic E-state index is 0.489. The third-order valence-electron chi connectivity index (χ3n) is 3.44. The van der Waals surface area contributed by atoms with E-state index in [9.17, 15) is 0 Å². The predicted molar refractivity (Wildman–Crippen MR) is 78.4 cm³/mol. The molecular weight excluding hydrogens is 262 g/mol. The molecule has 0 amide bonds. The summed E-state index contributed by atoms with van der Waals surface area (Å²) in [6.45, 7) is 4.02. The van der Waals surface area contributed by atoms with Gasteiger partial charge in [-0.1, -0.05) is 11.6 Å². The van der Waals surface area contributed by atoms with E-state index in [1.165, 1.54) is 5.69 Å². The van der Waals surface area contributed by atoms with Crippen molar-refractivity contribution < 1.29 is 4.74 Å². The maximum atomic E-state index is 6.00. The monoisotopic (exact) mass is 277 g/mol. The fourth-order valence-electron chi connectivity index (χ4n) is 2.50. The van der Waals surface area contributed by atoms with Crippen LogP contribution in [0.25, 0.3) is 10.9 Å². The lowest BCUT2D eigenvalue weighted by molar-refractivity contribution is 0.419. The second-order valence-electron chi connectivity index (χ2n) is 4.55. The minimum Gasteiger partial charge on any atom is -0.494 e. The minimum atomic E-state index is 0.489. The highest BCUT2D eigenvalue weighted by Gasteiger charge is 2.15. The van der Waals surface area contributed by atoms with Crippen molar-refractivity contribution in [3.8, 4) is 5.75 Å². The molecule has 1 aromatic heterocycles. The summed E-state index contributed by atoms with van der Waals surface area (Å²) in [6.07, 6.45) is 0. The van der Waals surface area contributed by atoms with Crippen LogP contribution in [0.5, 0.6) is 5.75 Å². The standard InChI is InChI=1S/C14H16ClN3O/c1-19-12-4-3-11(18-8-6-16-7-9-18)10-2-5-13(15)17-14(10)12/h2-5,16H,6-9H2,1H3. The zero-order valence-corrected chi connectivity index (χ0v) is 11.6. The first kappa shape index (κ1) is 12.5. The first-order chi connectivity index (χ1) is 9.29. The zero-order chi connectivity index (χ0) is 13.2. The first-order valence-corrected chi connectivity index (χ1v) is 6.76. The van der Waals surface area contributed by atoms with Crippen molar-refractivity contribution in [3.63, 3.8) is 0 Å². The van der Waals surface area contributed by atoms with Gasteiger partial charge in [-0.05, 0) is 24.3 Å². The van der Waals surface area contributed by atoms with Gasteiger partial charge in [-0.15, -0.1) is 0 Å². The van der Waals surface area contributed by atoms with Crippen molar-refractivity contribution >= 4 is 28.2 Å². The number of ether oxygens (including phenoxy) is 1. The van der Waals surface area contributed by atoms with Crippen molar-refractivity contribution in [3.05, 3.63) is 29.4 Å². The van der Waals surface area contributed by atoms with Crippen LogP contribution in [-0.2, 0) is 0 Å². The number of nitrogens with zero attached hydrogens (tertiary/aromatic N) is 2. The van der Waals surface area contributed by atoms with E-state index in [1.807, 2.05) is 18.2 Å². The lowest BCUT2D eigenvalue weighted by Gasteiger charge is -2.30. The summed E-state index contributed by atoms with van der Waals surface area (Å²) in [6, 6.07) is 7.91. The number of benzene rings is 1. The highest BCUT2D eigenvalue weighted by Crippen LogP contribution is 2.33. The molecule has 5 heteroatoms. The molecule has 0 atom stereocenters. The topological polar surface area (TPSA) is 37.4 Å². The Morgan fingerprint density at radius 1 is 1.21 bits per heavy atom. The molecule has 0 spiro atoms. The third kappa shape index (κ3) is 2.33. The Hall–Kier alpha value is -1.52. The molecule has 3 rings (SSSR count). The van der Waals surface area contributed by atoms with Crippen LogP contribution in [0.2, 0.25) is 5.15 Å². The third-order valence-corrected chi connectivity index (χ3v) is 3.65. The summed E-state index contributed by atoms with van der Waals surface area (Å²) < 4.78 is 5.37. The quantitative estimate of drug-likeness (QED) is 0.855. The fourth-order valence-corrected chi connectivity index (χ4v) is 2.65. The van der Waals surface area contributed by atoms with Crippen LogP contribution >= 0.6 is 11.6 Å². The molecule has 1 N–H and O–H groups in total. The van der Waals surface area contributed by atoms with Gasteiger partial charge in [0, 0.05) is 37.3 Å². The maximum Gasteiger partial charge on any atom is 0.145 e. The van der Waals surface area contributed by atoms with E-state index in [0.717, 1.165) is 42.8 Å². The van der Waals surface area contributed by atoms with Crippen LogP contribution in [-0.4, -0.2) is 38.3 Å². The van der Waals surface area contributed by atoms with Crippen LogP contribution in [0, 0.1) is 0 Å². The molecule has 1 saturated heterocycles. The molecule has 0 radical (unpaired) electrons. The summed E-state index contributed by atoms with van der Waals surface area (Å²) >= 11 is 6.00. The molecule has 0 saturated carbocycles. The van der Waals surface area contributed by atoms with Crippen molar-refractivity contribution in [1.82, 2.24) is 10.3 Å². The molecule has 1 aromatic carbocycles. The number of pyridine rings is 1. The largest absolute Gasteiger partial charge is 0.494 e. The number of rotatable bonds is 2. The smallest absolute Gasteiger partial charge is 0.145 e. The van der Waals surface area contributed by atoms with Gasteiger partial charge in [0.2, 0.25) is 0 Å². The second kappa shape index (κ2) is 5.23. The van der Waals surface area contributed by atoms with E-state index in [1.54, 1.807) is 7.11 Å². The molecule has 1 aliphatic heterocycles. The first-order valence-electron chi connectivity index (χ1n) is 6.38. The van der Waals surface area contributed by atoms with Crippen molar-refractivity contribution in [2.45, 2.75) is 0 Å². The molecule has 19 heavy (non-hydrogen) atoms. The van der Waals surface area contributed by atoms with E-state index in [-0.39, 0.29) is 0 Å². The maximum absolute atomic E-state index is 6.00. The Morgan fingerprint density at radius 3 is 2.74 bits per heavy atom. The van der Waals surface area contributed by atoms with Gasteiger partial charge in [-0.3, -0.25) is 0 Å². The number of nitrogens with one attached hydrogen (secondary N) is 1. The Labute approximate surface area is 117 Å². The number of hydrogen-bond acceptors (Lipinski definition) is 4. The number of fused-ring (bicyclic) bond motifs is 1. The number of halogens is 1. The SMILES string of the molecule is COc1ccc(N2CCNCC2)c2ccc(Cl)nc12. The van der Waals surface area contributed by atoms with Gasteiger partial charge in [0.1, 0.15) is 16.4 Å². The number of piperazine rings is 1. The summed E-state index contributed by atoms with van der Waals surface area (Å²) in [5.74, 6) is 0.761. The number of methoxy groups -OCH3 is 1. The summed E-state index contributed by atoms with van der Waals surface area (Å²) in [5.41, 5.74) is 2.02. The molecule has 4 nitrogen and oxygen atoms in total. The molecule has 100 valence electrons. The molecule has 0 unspecified atom stereocenters. The van der Waals surface area contributed by atoms with E-state index in [4.69, 9.17) is 16.3 Å². The lowest BCUT2D eigenvalue weighted by Crippen LogP contribution is -2.43. The number of aromatic nitrogens is 1. The molecule has 0 bridgehead atoms. The normalized spacial score (nSPS) is 15.8. The van der Waals surface area contributed by atoms with Crippen LogP contribution in [0.15, 0.2) is 24.3 Å².